The highest BCUT2D eigenvalue weighted by Crippen LogP contribution is 2.04. The van der Waals surface area contributed by atoms with Gasteiger partial charge in [-0.25, -0.2) is 0 Å². The van der Waals surface area contributed by atoms with Gasteiger partial charge in [0.2, 0.25) is 4.77 Å². The van der Waals surface area contributed by atoms with Gasteiger partial charge in [-0.2, -0.15) is 14.9 Å². The second-order valence-corrected chi connectivity index (χ2v) is 3.88. The molecule has 0 radical (unpaired) electrons. The van der Waals surface area contributed by atoms with Crippen LogP contribution in [-0.2, 0) is 0 Å². The summed E-state index contributed by atoms with van der Waals surface area (Å²) in [6.07, 6.45) is 1.79. The molecule has 2 aromatic rings. The molecule has 1 N–H and O–H groups in total. The van der Waals surface area contributed by atoms with Crippen LogP contribution < -0.4 is 0 Å². The largest absolute Gasteiger partial charge is 0.250 e. The molecule has 16 heavy (non-hydrogen) atoms. The Balaban J connectivity index is 2.36. The molecule has 0 aliphatic carbocycles. The van der Waals surface area contributed by atoms with Gasteiger partial charge in [-0.05, 0) is 37.2 Å². The van der Waals surface area contributed by atoms with Gasteiger partial charge in [0, 0.05) is 0 Å². The minimum absolute atomic E-state index is 0.502. The number of benzene rings is 1. The monoisotopic (exact) mass is 232 g/mol. The average Bonchev–Trinajstić information content (AvgIpc) is 2.58. The maximum Gasteiger partial charge on any atom is 0.216 e. The van der Waals surface area contributed by atoms with Gasteiger partial charge in [0.1, 0.15) is 5.82 Å². The summed E-state index contributed by atoms with van der Waals surface area (Å²) in [5, 5.41) is 11.0. The summed E-state index contributed by atoms with van der Waals surface area (Å²) in [4.78, 5) is 0. The number of nitrogens with zero attached hydrogens (tertiary/aromatic N) is 3. The minimum atomic E-state index is 0.502. The lowest BCUT2D eigenvalue weighted by molar-refractivity contribution is 0.820. The number of aryl methyl sites for hydroxylation is 2. The number of aromatic amines is 1. The van der Waals surface area contributed by atoms with Gasteiger partial charge >= 0.3 is 0 Å². The van der Waals surface area contributed by atoms with Crippen molar-refractivity contribution in [2.75, 3.05) is 0 Å². The molecule has 0 amide bonds. The first-order valence-corrected chi connectivity index (χ1v) is 5.33. The van der Waals surface area contributed by atoms with Crippen molar-refractivity contribution in [3.63, 3.8) is 0 Å². The van der Waals surface area contributed by atoms with Crippen LogP contribution in [0.3, 0.4) is 0 Å². The van der Waals surface area contributed by atoms with Crippen molar-refractivity contribution in [2.45, 2.75) is 13.8 Å². The fraction of sp³-hybridized carbons (Fsp3) is 0.182. The van der Waals surface area contributed by atoms with Crippen molar-refractivity contribution in [1.29, 1.82) is 0 Å². The van der Waals surface area contributed by atoms with Crippen LogP contribution in [0.2, 0.25) is 0 Å². The molecule has 1 aromatic carbocycles. The van der Waals surface area contributed by atoms with E-state index in [4.69, 9.17) is 12.2 Å². The van der Waals surface area contributed by atoms with Crippen molar-refractivity contribution in [1.82, 2.24) is 14.9 Å². The van der Waals surface area contributed by atoms with Gasteiger partial charge < -0.3 is 0 Å². The molecule has 5 heteroatoms. The minimum Gasteiger partial charge on any atom is -0.250 e. The van der Waals surface area contributed by atoms with Crippen molar-refractivity contribution in [2.24, 2.45) is 5.10 Å². The molecule has 1 heterocycles. The van der Waals surface area contributed by atoms with Crippen LogP contribution in [0.15, 0.2) is 29.4 Å². The van der Waals surface area contributed by atoms with Crippen LogP contribution in [0.25, 0.3) is 0 Å². The van der Waals surface area contributed by atoms with Crippen molar-refractivity contribution < 1.29 is 0 Å². The fourth-order valence-electron chi connectivity index (χ4n) is 1.36. The van der Waals surface area contributed by atoms with E-state index in [0.717, 1.165) is 11.4 Å². The lowest BCUT2D eigenvalue weighted by atomic mass is 10.1. The predicted molar refractivity (Wildman–Crippen MR) is 66.3 cm³/mol. The Morgan fingerprint density at radius 3 is 2.75 bits per heavy atom. The van der Waals surface area contributed by atoms with Gasteiger partial charge in [0.05, 0.1) is 6.21 Å². The van der Waals surface area contributed by atoms with Gasteiger partial charge in [0.25, 0.3) is 0 Å². The number of aromatic nitrogens is 3. The summed E-state index contributed by atoms with van der Waals surface area (Å²) >= 11 is 5.05. The lowest BCUT2D eigenvalue weighted by Gasteiger charge is -1.98. The molecule has 4 nitrogen and oxygen atoms in total. The molecule has 1 aromatic heterocycles. The highest BCUT2D eigenvalue weighted by Gasteiger charge is 1.97. The molecule has 2 rings (SSSR count). The highest BCUT2D eigenvalue weighted by atomic mass is 32.1. The van der Waals surface area contributed by atoms with Gasteiger partial charge in [-0.1, -0.05) is 24.3 Å². The van der Waals surface area contributed by atoms with E-state index >= 15 is 0 Å². The Kier molecular flexibility index (Phi) is 2.96. The molecule has 0 aliphatic heterocycles. The number of hydrogen-bond acceptors (Lipinski definition) is 3. The third kappa shape index (κ3) is 2.09. The van der Waals surface area contributed by atoms with E-state index in [9.17, 15) is 0 Å². The summed E-state index contributed by atoms with van der Waals surface area (Å²) in [5.41, 5.74) is 2.25. The first-order chi connectivity index (χ1) is 7.68. The molecule has 0 unspecified atom stereocenters. The lowest BCUT2D eigenvalue weighted by Crippen LogP contribution is -1.94. The van der Waals surface area contributed by atoms with E-state index in [1.54, 1.807) is 10.9 Å². The second-order valence-electron chi connectivity index (χ2n) is 3.49. The van der Waals surface area contributed by atoms with Crippen LogP contribution in [0.5, 0.6) is 0 Å². The zero-order chi connectivity index (χ0) is 11.5. The van der Waals surface area contributed by atoms with E-state index in [1.807, 2.05) is 38.1 Å². The Morgan fingerprint density at radius 1 is 1.38 bits per heavy atom. The molecule has 0 saturated carbocycles. The van der Waals surface area contributed by atoms with E-state index < -0.39 is 0 Å². The van der Waals surface area contributed by atoms with E-state index in [2.05, 4.69) is 15.3 Å². The van der Waals surface area contributed by atoms with Gasteiger partial charge in [0.15, 0.2) is 0 Å². The Labute approximate surface area is 98.6 Å². The number of H-pyrrole nitrogens is 1. The van der Waals surface area contributed by atoms with Crippen molar-refractivity contribution >= 4 is 18.4 Å². The maximum absolute atomic E-state index is 5.05. The van der Waals surface area contributed by atoms with Crippen molar-refractivity contribution in [3.05, 3.63) is 46.0 Å². The molecule has 0 spiro atoms. The zero-order valence-electron chi connectivity index (χ0n) is 9.14. The quantitative estimate of drug-likeness (QED) is 0.638. The number of rotatable bonds is 2. The first-order valence-electron chi connectivity index (χ1n) is 4.92. The summed E-state index contributed by atoms with van der Waals surface area (Å²) in [6.45, 7) is 3.89. The van der Waals surface area contributed by atoms with Crippen LogP contribution in [0, 0.1) is 18.6 Å². The smallest absolute Gasteiger partial charge is 0.216 e. The van der Waals surface area contributed by atoms with Crippen molar-refractivity contribution in [3.8, 4) is 0 Å². The second kappa shape index (κ2) is 4.40. The Morgan fingerprint density at radius 2 is 2.12 bits per heavy atom. The zero-order valence-corrected chi connectivity index (χ0v) is 9.95. The third-order valence-electron chi connectivity index (χ3n) is 2.31. The van der Waals surface area contributed by atoms with Crippen LogP contribution in [0.1, 0.15) is 17.0 Å². The third-order valence-corrected chi connectivity index (χ3v) is 2.58. The molecule has 0 saturated heterocycles. The molecule has 0 atom stereocenters. The summed E-state index contributed by atoms with van der Waals surface area (Å²) in [5.74, 6) is 0.745. The normalized spacial score (nSPS) is 11.1. The molecule has 82 valence electrons. The Bertz CT molecular complexity index is 580. The van der Waals surface area contributed by atoms with Gasteiger partial charge in [-0.15, -0.1) is 0 Å². The molecule has 0 fully saturated rings. The summed E-state index contributed by atoms with van der Waals surface area (Å²) in [7, 11) is 0. The van der Waals surface area contributed by atoms with E-state index in [-0.39, 0.29) is 0 Å². The summed E-state index contributed by atoms with van der Waals surface area (Å²) < 4.78 is 2.10. The predicted octanol–water partition coefficient (Wildman–Crippen LogP) is 2.44. The number of nitrogens with one attached hydrogen (secondary N) is 1. The number of hydrogen-bond donors (Lipinski definition) is 1. The fourth-order valence-corrected chi connectivity index (χ4v) is 1.58. The Hall–Kier alpha value is -1.75. The van der Waals surface area contributed by atoms with Crippen LogP contribution in [0.4, 0.5) is 0 Å². The SMILES string of the molecule is Cc1ccccc1/C=N\n1c(C)n[nH]c1=S. The van der Waals surface area contributed by atoms with E-state index in [1.165, 1.54) is 5.56 Å². The molecular weight excluding hydrogens is 220 g/mol. The van der Waals surface area contributed by atoms with Gasteiger partial charge in [-0.3, -0.25) is 5.10 Å². The topological polar surface area (TPSA) is 46.0 Å². The summed E-state index contributed by atoms with van der Waals surface area (Å²) in [6, 6.07) is 8.04. The maximum atomic E-state index is 5.05. The van der Waals surface area contributed by atoms with E-state index in [0.29, 0.717) is 4.77 Å². The average molecular weight is 232 g/mol. The highest BCUT2D eigenvalue weighted by molar-refractivity contribution is 7.71. The molecular formula is C11H12N4S. The van der Waals surface area contributed by atoms with Crippen LogP contribution in [-0.4, -0.2) is 21.1 Å². The molecule has 0 bridgehead atoms. The first kappa shape index (κ1) is 10.8. The standard InChI is InChI=1S/C11H12N4S/c1-8-5-3-4-6-10(8)7-12-15-9(2)13-14-11(15)16/h3-7H,1-2H3,(H,14,16)/b12-7-. The molecule has 0 aliphatic rings. The van der Waals surface area contributed by atoms with Crippen LogP contribution >= 0.6 is 12.2 Å².